The van der Waals surface area contributed by atoms with Crippen LogP contribution < -0.4 is 5.43 Å². The zero-order chi connectivity index (χ0) is 12.6. The summed E-state index contributed by atoms with van der Waals surface area (Å²) < 4.78 is 2.12. The summed E-state index contributed by atoms with van der Waals surface area (Å²) in [7, 11) is 0. The molecular weight excluding hydrogens is 230 g/mol. The van der Waals surface area contributed by atoms with Crippen molar-refractivity contribution in [3.05, 3.63) is 39.1 Å². The summed E-state index contributed by atoms with van der Waals surface area (Å²) in [6.07, 6.45) is 0. The van der Waals surface area contributed by atoms with Crippen molar-refractivity contribution in [3.63, 3.8) is 0 Å². The lowest BCUT2D eigenvalue weighted by atomic mass is 10.2. The van der Waals surface area contributed by atoms with Gasteiger partial charge in [-0.1, -0.05) is 0 Å². The zero-order valence-electron chi connectivity index (χ0n) is 11.0. The van der Waals surface area contributed by atoms with Crippen molar-refractivity contribution < 1.29 is 0 Å². The number of rotatable bonds is 3. The molecule has 1 atom stereocenters. The van der Waals surface area contributed by atoms with Gasteiger partial charge in [-0.3, -0.25) is 4.68 Å². The van der Waals surface area contributed by atoms with Crippen LogP contribution in [-0.4, -0.2) is 9.66 Å². The largest absolute Gasteiger partial charge is 0.317 e. The normalized spacial score (nSPS) is 12.8. The Balaban J connectivity index is 2.22. The lowest BCUT2D eigenvalue weighted by Crippen LogP contribution is -2.21. The predicted molar refractivity (Wildman–Crippen MR) is 73.3 cm³/mol. The van der Waals surface area contributed by atoms with Gasteiger partial charge >= 0.3 is 0 Å². The molecule has 92 valence electrons. The maximum absolute atomic E-state index is 4.59. The molecule has 0 fully saturated rings. The molecular formula is C13H19N3S. The van der Waals surface area contributed by atoms with Gasteiger partial charge in [0.15, 0.2) is 0 Å². The molecule has 0 amide bonds. The Morgan fingerprint density at radius 1 is 1.18 bits per heavy atom. The smallest absolute Gasteiger partial charge is 0.0901 e. The van der Waals surface area contributed by atoms with E-state index in [4.69, 9.17) is 0 Å². The van der Waals surface area contributed by atoms with E-state index in [1.165, 1.54) is 16.3 Å². The molecule has 4 heteroatoms. The van der Waals surface area contributed by atoms with Crippen molar-refractivity contribution in [2.45, 2.75) is 40.7 Å². The Bertz CT molecular complexity index is 505. The first kappa shape index (κ1) is 12.2. The van der Waals surface area contributed by atoms with Crippen LogP contribution in [0, 0.1) is 27.7 Å². The molecule has 2 aromatic heterocycles. The lowest BCUT2D eigenvalue weighted by molar-refractivity contribution is 0.683. The second-order valence-electron chi connectivity index (χ2n) is 4.48. The van der Waals surface area contributed by atoms with Gasteiger partial charge in [-0.05, 0) is 46.8 Å². The van der Waals surface area contributed by atoms with E-state index in [-0.39, 0.29) is 6.04 Å². The summed E-state index contributed by atoms with van der Waals surface area (Å²) in [5.74, 6) is 0. The van der Waals surface area contributed by atoms with Gasteiger partial charge in [0.1, 0.15) is 0 Å². The first-order chi connectivity index (χ1) is 7.99. The highest BCUT2D eigenvalue weighted by atomic mass is 32.1. The minimum atomic E-state index is 0.227. The molecule has 1 unspecified atom stereocenters. The van der Waals surface area contributed by atoms with E-state index < -0.39 is 0 Å². The maximum Gasteiger partial charge on any atom is 0.0901 e. The van der Waals surface area contributed by atoms with Crippen LogP contribution in [0.2, 0.25) is 0 Å². The molecule has 2 heterocycles. The highest BCUT2D eigenvalue weighted by Gasteiger charge is 2.14. The third-order valence-electron chi connectivity index (χ3n) is 2.94. The summed E-state index contributed by atoms with van der Waals surface area (Å²) in [5.41, 5.74) is 7.09. The minimum absolute atomic E-state index is 0.227. The summed E-state index contributed by atoms with van der Waals surface area (Å²) in [6.45, 7) is 10.5. The molecule has 0 aliphatic heterocycles. The van der Waals surface area contributed by atoms with E-state index in [0.717, 1.165) is 10.7 Å². The first-order valence-corrected chi connectivity index (χ1v) is 6.66. The molecule has 0 bridgehead atoms. The van der Waals surface area contributed by atoms with Gasteiger partial charge in [-0.2, -0.15) is 0 Å². The Kier molecular flexibility index (Phi) is 3.24. The van der Waals surface area contributed by atoms with Crippen LogP contribution in [0.5, 0.6) is 0 Å². The molecule has 3 nitrogen and oxygen atoms in total. The van der Waals surface area contributed by atoms with Crippen LogP contribution in [0.25, 0.3) is 0 Å². The van der Waals surface area contributed by atoms with Crippen LogP contribution >= 0.6 is 11.3 Å². The van der Waals surface area contributed by atoms with E-state index in [0.29, 0.717) is 0 Å². The summed E-state index contributed by atoms with van der Waals surface area (Å²) >= 11 is 1.76. The number of nitrogens with one attached hydrogen (secondary N) is 1. The third-order valence-corrected chi connectivity index (χ3v) is 3.85. The van der Waals surface area contributed by atoms with Gasteiger partial charge in [-0.15, -0.1) is 11.3 Å². The number of hydrogen-bond acceptors (Lipinski definition) is 3. The van der Waals surface area contributed by atoms with Gasteiger partial charge < -0.3 is 5.43 Å². The predicted octanol–water partition coefficient (Wildman–Crippen LogP) is 3.48. The first-order valence-electron chi connectivity index (χ1n) is 5.84. The number of aryl methyl sites for hydroxylation is 4. The van der Waals surface area contributed by atoms with Crippen LogP contribution in [-0.2, 0) is 0 Å². The number of aromatic nitrogens is 2. The quantitative estimate of drug-likeness (QED) is 0.902. The Morgan fingerprint density at radius 2 is 1.76 bits per heavy atom. The minimum Gasteiger partial charge on any atom is -0.317 e. The molecule has 1 N–H and O–H groups in total. The molecule has 17 heavy (non-hydrogen) atoms. The van der Waals surface area contributed by atoms with Crippen LogP contribution in [0.3, 0.4) is 0 Å². The van der Waals surface area contributed by atoms with E-state index in [1.807, 2.05) is 0 Å². The molecule has 0 aliphatic carbocycles. The standard InChI is InChI=1S/C13H19N3S/c1-8-6-7-9(2)16(8)15-10(3)13-11(4)17-12(5)14-13/h6-7,10,15H,1-5H3. The van der Waals surface area contributed by atoms with Gasteiger partial charge in [0.05, 0.1) is 16.7 Å². The van der Waals surface area contributed by atoms with Crippen LogP contribution in [0.4, 0.5) is 0 Å². The van der Waals surface area contributed by atoms with Crippen molar-refractivity contribution in [3.8, 4) is 0 Å². The molecule has 0 radical (unpaired) electrons. The highest BCUT2D eigenvalue weighted by Crippen LogP contribution is 2.23. The second-order valence-corrected chi connectivity index (χ2v) is 5.88. The van der Waals surface area contributed by atoms with E-state index in [9.17, 15) is 0 Å². The molecule has 0 saturated heterocycles. The van der Waals surface area contributed by atoms with Crippen LogP contribution in [0.15, 0.2) is 12.1 Å². The Morgan fingerprint density at radius 3 is 2.24 bits per heavy atom. The van der Waals surface area contributed by atoms with Gasteiger partial charge in [0.25, 0.3) is 0 Å². The van der Waals surface area contributed by atoms with Crippen molar-refractivity contribution in [1.29, 1.82) is 0 Å². The summed E-state index contributed by atoms with van der Waals surface area (Å²) in [4.78, 5) is 5.89. The zero-order valence-corrected chi connectivity index (χ0v) is 11.9. The van der Waals surface area contributed by atoms with Crippen molar-refractivity contribution >= 4 is 11.3 Å². The lowest BCUT2D eigenvalue weighted by Gasteiger charge is -2.18. The average Bonchev–Trinajstić information content (AvgIpc) is 2.74. The number of nitrogens with zero attached hydrogens (tertiary/aromatic N) is 2. The SMILES string of the molecule is Cc1nc(C(C)Nn2c(C)ccc2C)c(C)s1. The molecule has 0 aromatic carbocycles. The fraction of sp³-hybridized carbons (Fsp3) is 0.462. The van der Waals surface area contributed by atoms with Gasteiger partial charge in [0, 0.05) is 16.3 Å². The fourth-order valence-electron chi connectivity index (χ4n) is 2.07. The monoisotopic (exact) mass is 249 g/mol. The molecule has 2 aromatic rings. The number of hydrogen-bond donors (Lipinski definition) is 1. The second kappa shape index (κ2) is 4.53. The van der Waals surface area contributed by atoms with Gasteiger partial charge in [0.2, 0.25) is 0 Å². The van der Waals surface area contributed by atoms with E-state index >= 15 is 0 Å². The van der Waals surface area contributed by atoms with Crippen LogP contribution in [0.1, 0.15) is 39.9 Å². The molecule has 0 saturated carbocycles. The van der Waals surface area contributed by atoms with E-state index in [1.54, 1.807) is 11.3 Å². The molecule has 0 aliphatic rings. The number of thiazole rings is 1. The van der Waals surface area contributed by atoms with Crippen molar-refractivity contribution in [2.24, 2.45) is 0 Å². The fourth-order valence-corrected chi connectivity index (χ4v) is 2.99. The molecule has 2 rings (SSSR count). The Labute approximate surface area is 106 Å². The maximum atomic E-state index is 4.59. The van der Waals surface area contributed by atoms with Crippen molar-refractivity contribution in [2.75, 3.05) is 5.43 Å². The van der Waals surface area contributed by atoms with Gasteiger partial charge in [-0.25, -0.2) is 4.98 Å². The highest BCUT2D eigenvalue weighted by molar-refractivity contribution is 7.11. The Hall–Kier alpha value is -1.29. The summed E-state index contributed by atoms with van der Waals surface area (Å²) in [6, 6.07) is 4.47. The molecule has 0 spiro atoms. The topological polar surface area (TPSA) is 29.9 Å². The summed E-state index contributed by atoms with van der Waals surface area (Å²) in [5, 5.41) is 1.13. The average molecular weight is 249 g/mol. The van der Waals surface area contributed by atoms with E-state index in [2.05, 4.69) is 61.8 Å². The van der Waals surface area contributed by atoms with Crippen molar-refractivity contribution in [1.82, 2.24) is 9.66 Å². The third kappa shape index (κ3) is 2.36.